The van der Waals surface area contributed by atoms with E-state index in [9.17, 15) is 4.39 Å². The van der Waals surface area contributed by atoms with E-state index in [2.05, 4.69) is 9.80 Å². The summed E-state index contributed by atoms with van der Waals surface area (Å²) in [7, 11) is 0. The molecule has 2 fully saturated rings. The second kappa shape index (κ2) is 5.78. The van der Waals surface area contributed by atoms with Gasteiger partial charge in [-0.1, -0.05) is 0 Å². The first-order chi connectivity index (χ1) is 9.78. The summed E-state index contributed by atoms with van der Waals surface area (Å²) >= 11 is 0. The molecular weight excluding hydrogens is 257 g/mol. The summed E-state index contributed by atoms with van der Waals surface area (Å²) in [5.74, 6) is -0.299. The number of rotatable bonds is 2. The molecule has 2 aliphatic rings. The van der Waals surface area contributed by atoms with Crippen LogP contribution in [0.2, 0.25) is 0 Å². The number of nitriles is 1. The summed E-state index contributed by atoms with van der Waals surface area (Å²) in [6.45, 7) is 5.24. The molecule has 0 saturated carbocycles. The standard InChI is InChI=1S/C15H18FN3O/c16-14-9-12(10-17)1-2-15(14)19-4-3-13(11-19)18-5-7-20-8-6-18/h1-2,9,13H,3-8,11H2. The molecule has 0 amide bonds. The lowest BCUT2D eigenvalue weighted by Gasteiger charge is -2.32. The van der Waals surface area contributed by atoms with E-state index in [1.165, 1.54) is 6.07 Å². The van der Waals surface area contributed by atoms with Gasteiger partial charge in [-0.2, -0.15) is 5.26 Å². The van der Waals surface area contributed by atoms with Gasteiger partial charge in [0.05, 0.1) is 30.5 Å². The van der Waals surface area contributed by atoms with Crippen molar-refractivity contribution in [2.75, 3.05) is 44.3 Å². The maximum Gasteiger partial charge on any atom is 0.147 e. The molecule has 0 aromatic heterocycles. The molecule has 1 atom stereocenters. The van der Waals surface area contributed by atoms with Crippen LogP contribution in [0.15, 0.2) is 18.2 Å². The molecule has 4 nitrogen and oxygen atoms in total. The number of ether oxygens (including phenoxy) is 1. The molecule has 0 bridgehead atoms. The Morgan fingerprint density at radius 3 is 2.75 bits per heavy atom. The van der Waals surface area contributed by atoms with Crippen molar-refractivity contribution >= 4 is 5.69 Å². The van der Waals surface area contributed by atoms with E-state index in [0.29, 0.717) is 17.3 Å². The molecule has 2 saturated heterocycles. The SMILES string of the molecule is N#Cc1ccc(N2CCC(N3CCOCC3)C2)c(F)c1. The molecule has 2 heterocycles. The van der Waals surface area contributed by atoms with E-state index in [1.807, 2.05) is 6.07 Å². The maximum atomic E-state index is 14.0. The minimum Gasteiger partial charge on any atom is -0.379 e. The average Bonchev–Trinajstić information content (AvgIpc) is 2.97. The van der Waals surface area contributed by atoms with Gasteiger partial charge in [0.2, 0.25) is 0 Å². The number of benzene rings is 1. The zero-order chi connectivity index (χ0) is 13.9. The lowest BCUT2D eigenvalue weighted by Crippen LogP contribution is -2.44. The highest BCUT2D eigenvalue weighted by molar-refractivity contribution is 5.52. The molecule has 1 unspecified atom stereocenters. The summed E-state index contributed by atoms with van der Waals surface area (Å²) in [5, 5.41) is 8.78. The number of halogens is 1. The molecule has 1 aromatic carbocycles. The molecule has 20 heavy (non-hydrogen) atoms. The van der Waals surface area contributed by atoms with Gasteiger partial charge < -0.3 is 9.64 Å². The van der Waals surface area contributed by atoms with Crippen LogP contribution >= 0.6 is 0 Å². The Balaban J connectivity index is 1.69. The first kappa shape index (κ1) is 13.3. The minimum atomic E-state index is -0.299. The Morgan fingerprint density at radius 1 is 1.25 bits per heavy atom. The molecule has 5 heteroatoms. The van der Waals surface area contributed by atoms with E-state index < -0.39 is 0 Å². The number of nitrogens with zero attached hydrogens (tertiary/aromatic N) is 3. The highest BCUT2D eigenvalue weighted by Crippen LogP contribution is 2.26. The van der Waals surface area contributed by atoms with Crippen molar-refractivity contribution < 1.29 is 9.13 Å². The van der Waals surface area contributed by atoms with Gasteiger partial charge in [-0.3, -0.25) is 4.90 Å². The summed E-state index contributed by atoms with van der Waals surface area (Å²) in [6, 6.07) is 7.16. The van der Waals surface area contributed by atoms with Crippen molar-refractivity contribution in [1.82, 2.24) is 4.90 Å². The number of morpholine rings is 1. The Morgan fingerprint density at radius 2 is 2.05 bits per heavy atom. The normalized spacial score (nSPS) is 23.8. The first-order valence-electron chi connectivity index (χ1n) is 7.04. The molecule has 3 rings (SSSR count). The van der Waals surface area contributed by atoms with Crippen LogP contribution < -0.4 is 4.90 Å². The zero-order valence-electron chi connectivity index (χ0n) is 11.4. The fourth-order valence-electron chi connectivity index (χ4n) is 3.03. The van der Waals surface area contributed by atoms with Crippen LogP contribution in [-0.2, 0) is 4.74 Å². The van der Waals surface area contributed by atoms with Crippen LogP contribution in [0.3, 0.4) is 0 Å². The van der Waals surface area contributed by atoms with E-state index in [-0.39, 0.29) is 5.82 Å². The Hall–Kier alpha value is -1.64. The van der Waals surface area contributed by atoms with Crippen molar-refractivity contribution in [3.05, 3.63) is 29.6 Å². The molecule has 0 radical (unpaired) electrons. The van der Waals surface area contributed by atoms with Gasteiger partial charge in [0.15, 0.2) is 0 Å². The van der Waals surface area contributed by atoms with Crippen LogP contribution in [0.25, 0.3) is 0 Å². The molecule has 106 valence electrons. The van der Waals surface area contributed by atoms with E-state index in [4.69, 9.17) is 10.00 Å². The topological polar surface area (TPSA) is 39.5 Å². The highest BCUT2D eigenvalue weighted by Gasteiger charge is 2.29. The van der Waals surface area contributed by atoms with Crippen LogP contribution in [0, 0.1) is 17.1 Å². The largest absolute Gasteiger partial charge is 0.379 e. The van der Waals surface area contributed by atoms with Crippen LogP contribution in [-0.4, -0.2) is 50.3 Å². The van der Waals surface area contributed by atoms with Gasteiger partial charge in [0.1, 0.15) is 5.82 Å². The predicted octanol–water partition coefficient (Wildman–Crippen LogP) is 1.61. The zero-order valence-corrected chi connectivity index (χ0v) is 11.4. The number of hydrogen-bond acceptors (Lipinski definition) is 4. The highest BCUT2D eigenvalue weighted by atomic mass is 19.1. The van der Waals surface area contributed by atoms with Crippen molar-refractivity contribution in [3.63, 3.8) is 0 Å². The molecule has 0 aliphatic carbocycles. The summed E-state index contributed by atoms with van der Waals surface area (Å²) < 4.78 is 19.4. The second-order valence-corrected chi connectivity index (χ2v) is 5.31. The van der Waals surface area contributed by atoms with Gasteiger partial charge in [-0.05, 0) is 24.6 Å². The fraction of sp³-hybridized carbons (Fsp3) is 0.533. The first-order valence-corrected chi connectivity index (χ1v) is 7.04. The second-order valence-electron chi connectivity index (χ2n) is 5.31. The van der Waals surface area contributed by atoms with Gasteiger partial charge in [0.25, 0.3) is 0 Å². The number of hydrogen-bond donors (Lipinski definition) is 0. The average molecular weight is 275 g/mol. The van der Waals surface area contributed by atoms with Crippen molar-refractivity contribution in [2.45, 2.75) is 12.5 Å². The van der Waals surface area contributed by atoms with Gasteiger partial charge >= 0.3 is 0 Å². The van der Waals surface area contributed by atoms with Gasteiger partial charge in [-0.25, -0.2) is 4.39 Å². The van der Waals surface area contributed by atoms with E-state index in [0.717, 1.165) is 45.8 Å². The quantitative estimate of drug-likeness (QED) is 0.822. The molecule has 0 N–H and O–H groups in total. The van der Waals surface area contributed by atoms with Crippen LogP contribution in [0.1, 0.15) is 12.0 Å². The summed E-state index contributed by atoms with van der Waals surface area (Å²) in [5.41, 5.74) is 0.981. The Bertz CT molecular complexity index is 522. The monoisotopic (exact) mass is 275 g/mol. The van der Waals surface area contributed by atoms with Crippen molar-refractivity contribution in [1.29, 1.82) is 5.26 Å². The Kier molecular flexibility index (Phi) is 3.86. The van der Waals surface area contributed by atoms with Gasteiger partial charge in [0, 0.05) is 32.2 Å². The predicted molar refractivity (Wildman–Crippen MR) is 74.1 cm³/mol. The molecule has 1 aromatic rings. The van der Waals surface area contributed by atoms with Gasteiger partial charge in [-0.15, -0.1) is 0 Å². The third-order valence-electron chi connectivity index (χ3n) is 4.14. The van der Waals surface area contributed by atoms with Crippen LogP contribution in [0.4, 0.5) is 10.1 Å². The minimum absolute atomic E-state index is 0.299. The smallest absolute Gasteiger partial charge is 0.147 e. The summed E-state index contributed by atoms with van der Waals surface area (Å²) in [6.07, 6.45) is 1.06. The summed E-state index contributed by atoms with van der Waals surface area (Å²) in [4.78, 5) is 4.52. The lowest BCUT2D eigenvalue weighted by molar-refractivity contribution is 0.0209. The third-order valence-corrected chi connectivity index (χ3v) is 4.14. The fourth-order valence-corrected chi connectivity index (χ4v) is 3.03. The van der Waals surface area contributed by atoms with Crippen LogP contribution in [0.5, 0.6) is 0 Å². The molecule has 2 aliphatic heterocycles. The molecular formula is C15H18FN3O. The third kappa shape index (κ3) is 2.62. The Labute approximate surface area is 118 Å². The lowest BCUT2D eigenvalue weighted by atomic mass is 10.2. The van der Waals surface area contributed by atoms with E-state index in [1.54, 1.807) is 12.1 Å². The van der Waals surface area contributed by atoms with Crippen molar-refractivity contribution in [3.8, 4) is 6.07 Å². The maximum absolute atomic E-state index is 14.0. The van der Waals surface area contributed by atoms with E-state index >= 15 is 0 Å². The van der Waals surface area contributed by atoms with Crippen molar-refractivity contribution in [2.24, 2.45) is 0 Å². The molecule has 0 spiro atoms. The number of anilines is 1.